The van der Waals surface area contributed by atoms with Crippen LogP contribution in [0.4, 0.5) is 5.69 Å². The van der Waals surface area contributed by atoms with Gasteiger partial charge in [-0.2, -0.15) is 0 Å². The number of nitrogens with zero attached hydrogens (tertiary/aromatic N) is 1. The highest BCUT2D eigenvalue weighted by atomic mass is 32.1. The normalized spacial score (nSPS) is 23.0. The van der Waals surface area contributed by atoms with Gasteiger partial charge in [0.05, 0.1) is 0 Å². The molecule has 0 saturated carbocycles. The average Bonchev–Trinajstić information content (AvgIpc) is 3.28. The van der Waals surface area contributed by atoms with Gasteiger partial charge < -0.3 is 21.1 Å². The van der Waals surface area contributed by atoms with E-state index in [1.165, 1.54) is 12.8 Å². The molecule has 7 nitrogen and oxygen atoms in total. The molecular formula is C21H26N4O3S. The maximum atomic E-state index is 12.6. The number of nitrogens with two attached hydrogens (primary N) is 1. The number of amides is 1. The molecule has 2 saturated heterocycles. The van der Waals surface area contributed by atoms with Gasteiger partial charge in [-0.1, -0.05) is 12.1 Å². The molecule has 29 heavy (non-hydrogen) atoms. The van der Waals surface area contributed by atoms with Crippen molar-refractivity contribution in [2.24, 2.45) is 0 Å². The van der Waals surface area contributed by atoms with E-state index in [1.54, 1.807) is 17.4 Å². The van der Waals surface area contributed by atoms with Gasteiger partial charge >= 0.3 is 0 Å². The molecule has 5 N–H and O–H groups in total. The highest BCUT2D eigenvalue weighted by molar-refractivity contribution is 7.13. The van der Waals surface area contributed by atoms with Crippen LogP contribution in [-0.4, -0.2) is 53.3 Å². The zero-order valence-corrected chi connectivity index (χ0v) is 17.1. The van der Waals surface area contributed by atoms with Crippen molar-refractivity contribution in [1.82, 2.24) is 10.2 Å². The summed E-state index contributed by atoms with van der Waals surface area (Å²) in [4.78, 5) is 24.5. The number of hydrogen-bond acceptors (Lipinski definition) is 6. The lowest BCUT2D eigenvalue weighted by molar-refractivity contribution is -0.123. The molecule has 1 aromatic carbocycles. The van der Waals surface area contributed by atoms with Crippen LogP contribution in [0.15, 0.2) is 35.7 Å². The summed E-state index contributed by atoms with van der Waals surface area (Å²) in [6.07, 6.45) is 4.36. The third-order valence-electron chi connectivity index (χ3n) is 5.79. The Hall–Kier alpha value is -2.71. The van der Waals surface area contributed by atoms with Gasteiger partial charge in [0.25, 0.3) is 12.4 Å². The Balaban J connectivity index is 0.000000755. The molecule has 2 aliphatic rings. The van der Waals surface area contributed by atoms with Gasteiger partial charge in [-0.05, 0) is 61.9 Å². The predicted octanol–water partition coefficient (Wildman–Crippen LogP) is 2.81. The summed E-state index contributed by atoms with van der Waals surface area (Å²) in [5.74, 6) is -0.325. The summed E-state index contributed by atoms with van der Waals surface area (Å²) in [6, 6.07) is 10.9. The topological polar surface area (TPSA) is 120 Å². The smallest absolute Gasteiger partial charge is 0.290 e. The fourth-order valence-electron chi connectivity index (χ4n) is 4.30. The van der Waals surface area contributed by atoms with Crippen molar-refractivity contribution in [1.29, 1.82) is 5.41 Å². The molecule has 3 heterocycles. The molecule has 2 unspecified atom stereocenters. The largest absolute Gasteiger partial charge is 0.483 e. The van der Waals surface area contributed by atoms with Crippen LogP contribution in [0.5, 0.6) is 0 Å². The molecule has 1 amide bonds. The number of anilines is 1. The predicted molar refractivity (Wildman–Crippen MR) is 115 cm³/mol. The second-order valence-corrected chi connectivity index (χ2v) is 8.40. The number of fused-ring (bicyclic) bond motifs is 2. The van der Waals surface area contributed by atoms with Crippen LogP contribution >= 0.6 is 11.3 Å². The molecule has 2 fully saturated rings. The fraction of sp³-hybridized carbons (Fsp3) is 0.381. The first-order valence-corrected chi connectivity index (χ1v) is 10.5. The number of carbonyl (C=O) groups is 2. The van der Waals surface area contributed by atoms with Crippen LogP contribution in [0, 0.1) is 5.41 Å². The van der Waals surface area contributed by atoms with Crippen LogP contribution in [0.3, 0.4) is 0 Å². The second-order valence-electron chi connectivity index (χ2n) is 7.45. The highest BCUT2D eigenvalue weighted by Crippen LogP contribution is 2.34. The Bertz CT molecular complexity index is 870. The van der Waals surface area contributed by atoms with E-state index in [2.05, 4.69) is 17.3 Å². The van der Waals surface area contributed by atoms with Crippen molar-refractivity contribution >= 4 is 35.1 Å². The quantitative estimate of drug-likeness (QED) is 0.348. The first-order valence-electron chi connectivity index (χ1n) is 9.57. The Morgan fingerprint density at radius 1 is 1.31 bits per heavy atom. The number of thiophene rings is 1. The lowest BCUT2D eigenvalue weighted by Gasteiger charge is -2.36. The molecule has 4 rings (SSSR count). The van der Waals surface area contributed by atoms with Crippen molar-refractivity contribution in [3.8, 4) is 10.4 Å². The number of benzene rings is 1. The summed E-state index contributed by atoms with van der Waals surface area (Å²) < 4.78 is 0. The zero-order valence-electron chi connectivity index (χ0n) is 16.3. The maximum absolute atomic E-state index is 12.6. The summed E-state index contributed by atoms with van der Waals surface area (Å²) in [6.45, 7) is -0.250. The van der Waals surface area contributed by atoms with Crippen LogP contribution < -0.4 is 11.1 Å². The van der Waals surface area contributed by atoms with E-state index in [1.807, 2.05) is 29.6 Å². The SMILES string of the molecule is CN1C2CCC1CC(NC(=O)C(=N)c1ccc(-c3cccs3)cc1N)C2.O=CO. The first-order chi connectivity index (χ1) is 13.9. The standard InChI is InChI=1S/C20H24N4OS.CH2O2/c1-24-14-5-6-15(24)11-13(10-14)23-20(25)19(22)16-7-4-12(9-17(16)21)18-3-2-8-26-18;2-1-3/h2-4,7-9,13-15,22H,5-6,10-11,21H2,1H3,(H,23,25);1H,(H,2,3). The van der Waals surface area contributed by atoms with Gasteiger partial charge in [-0.15, -0.1) is 11.3 Å². The molecule has 8 heteroatoms. The van der Waals surface area contributed by atoms with Gasteiger partial charge in [0.15, 0.2) is 0 Å². The maximum Gasteiger partial charge on any atom is 0.290 e. The number of carbonyl (C=O) groups excluding carboxylic acids is 1. The van der Waals surface area contributed by atoms with Gasteiger partial charge in [0, 0.05) is 34.3 Å². The number of carboxylic acid groups (broad SMARTS) is 1. The van der Waals surface area contributed by atoms with E-state index in [4.69, 9.17) is 21.0 Å². The van der Waals surface area contributed by atoms with E-state index in [0.717, 1.165) is 23.3 Å². The van der Waals surface area contributed by atoms with Crippen molar-refractivity contribution in [3.05, 3.63) is 41.3 Å². The monoisotopic (exact) mass is 414 g/mol. The van der Waals surface area contributed by atoms with Crippen molar-refractivity contribution in [2.45, 2.75) is 43.8 Å². The van der Waals surface area contributed by atoms with Crippen molar-refractivity contribution in [3.63, 3.8) is 0 Å². The average molecular weight is 415 g/mol. The van der Waals surface area contributed by atoms with E-state index < -0.39 is 0 Å². The minimum Gasteiger partial charge on any atom is -0.483 e. The molecule has 0 aliphatic carbocycles. The molecule has 2 aliphatic heterocycles. The zero-order chi connectivity index (χ0) is 21.0. The third kappa shape index (κ3) is 4.65. The Labute approximate surface area is 174 Å². The minimum absolute atomic E-state index is 0.0495. The van der Waals surface area contributed by atoms with Crippen LogP contribution in [0.25, 0.3) is 10.4 Å². The molecule has 1 aromatic heterocycles. The Morgan fingerprint density at radius 3 is 2.52 bits per heavy atom. The van der Waals surface area contributed by atoms with Crippen molar-refractivity contribution in [2.75, 3.05) is 12.8 Å². The number of hydrogen-bond donors (Lipinski definition) is 4. The lowest BCUT2D eigenvalue weighted by atomic mass is 9.97. The van der Waals surface area contributed by atoms with Crippen LogP contribution in [0.2, 0.25) is 0 Å². The van der Waals surface area contributed by atoms with E-state index in [-0.39, 0.29) is 24.1 Å². The van der Waals surface area contributed by atoms with Crippen LogP contribution in [0.1, 0.15) is 31.2 Å². The molecule has 154 valence electrons. The Kier molecular flexibility index (Phi) is 6.66. The molecular weight excluding hydrogens is 388 g/mol. The van der Waals surface area contributed by atoms with Gasteiger partial charge in [-0.3, -0.25) is 15.0 Å². The van der Waals surface area contributed by atoms with Crippen LogP contribution in [-0.2, 0) is 9.59 Å². The van der Waals surface area contributed by atoms with E-state index in [0.29, 0.717) is 23.3 Å². The number of rotatable bonds is 4. The molecule has 2 bridgehead atoms. The summed E-state index contributed by atoms with van der Waals surface area (Å²) in [5, 5.41) is 20.3. The van der Waals surface area contributed by atoms with Gasteiger partial charge in [0.2, 0.25) is 0 Å². The summed E-state index contributed by atoms with van der Waals surface area (Å²) >= 11 is 1.64. The summed E-state index contributed by atoms with van der Waals surface area (Å²) in [7, 11) is 2.18. The second kappa shape index (κ2) is 9.19. The third-order valence-corrected chi connectivity index (χ3v) is 6.71. The molecule has 2 atom stereocenters. The highest BCUT2D eigenvalue weighted by Gasteiger charge is 2.39. The molecule has 0 radical (unpaired) electrons. The van der Waals surface area contributed by atoms with E-state index >= 15 is 0 Å². The van der Waals surface area contributed by atoms with Gasteiger partial charge in [0.1, 0.15) is 5.71 Å². The van der Waals surface area contributed by atoms with E-state index in [9.17, 15) is 4.79 Å². The van der Waals surface area contributed by atoms with Gasteiger partial charge in [-0.25, -0.2) is 0 Å². The molecule has 0 spiro atoms. The fourth-order valence-corrected chi connectivity index (χ4v) is 5.02. The minimum atomic E-state index is -0.325. The van der Waals surface area contributed by atoms with Crippen molar-refractivity contribution < 1.29 is 14.7 Å². The summed E-state index contributed by atoms with van der Waals surface area (Å²) in [5.41, 5.74) is 8.08. The lowest BCUT2D eigenvalue weighted by Crippen LogP contribution is -2.50. The Morgan fingerprint density at radius 2 is 1.97 bits per heavy atom. The number of nitrogen functional groups attached to an aromatic ring is 1. The number of piperidine rings is 1. The molecule has 2 aromatic rings. The first kappa shape index (κ1) is 21.0. The number of nitrogens with one attached hydrogen (secondary N) is 2.